The first kappa shape index (κ1) is 24.1. The predicted octanol–water partition coefficient (Wildman–Crippen LogP) is -0.0107. The molecule has 6 atom stereocenters. The number of nitrogens with one attached hydrogen (secondary N) is 1. The molecule has 9 nitrogen and oxygen atoms in total. The molecule has 2 rings (SSSR count). The van der Waals surface area contributed by atoms with E-state index in [1.807, 2.05) is 6.92 Å². The van der Waals surface area contributed by atoms with Gasteiger partial charge in [-0.15, -0.1) is 0 Å². The second kappa shape index (κ2) is 11.3. The van der Waals surface area contributed by atoms with Crippen LogP contribution in [0.4, 0.5) is 0 Å². The second-order valence-corrected chi connectivity index (χ2v) is 7.66. The largest absolute Gasteiger partial charge is 0.508 e. The number of phenols is 1. The predicted molar refractivity (Wildman–Crippen MR) is 109 cm³/mol. The van der Waals surface area contributed by atoms with E-state index >= 15 is 0 Å². The monoisotopic (exact) mass is 424 g/mol. The fourth-order valence-corrected chi connectivity index (χ4v) is 3.27. The minimum Gasteiger partial charge on any atom is -0.508 e. The average molecular weight is 424 g/mol. The number of rotatable bonds is 9. The second-order valence-electron chi connectivity index (χ2n) is 7.66. The molecule has 1 aromatic rings. The zero-order valence-corrected chi connectivity index (χ0v) is 17.4. The van der Waals surface area contributed by atoms with Crippen molar-refractivity contribution in [3.05, 3.63) is 29.8 Å². The van der Waals surface area contributed by atoms with Crippen molar-refractivity contribution in [1.29, 1.82) is 0 Å². The normalized spacial score (nSPS) is 25.9. The van der Waals surface area contributed by atoms with Gasteiger partial charge in [-0.1, -0.05) is 25.5 Å². The van der Waals surface area contributed by atoms with Gasteiger partial charge in [-0.25, -0.2) is 4.79 Å². The standard InChI is InChI=1S/C21H32N2O7/c1-3-4-9-29-21(28)18(17-11-16(25)19(26)12(2)30-17)23-20(27)15(22)10-13-5-7-14(24)8-6-13/h5-8,12,15-19,24-26H,3-4,9-11,22H2,1-2H3,(H,23,27)/t12-,15+,16-,17-,18?,19+/m1/s1. The van der Waals surface area contributed by atoms with Crippen LogP contribution in [0.5, 0.6) is 5.75 Å². The Morgan fingerprint density at radius 1 is 1.30 bits per heavy atom. The van der Waals surface area contributed by atoms with Crippen LogP contribution in [0.2, 0.25) is 0 Å². The molecule has 9 heteroatoms. The number of benzene rings is 1. The van der Waals surface area contributed by atoms with Crippen LogP contribution in [0.25, 0.3) is 0 Å². The van der Waals surface area contributed by atoms with Gasteiger partial charge < -0.3 is 35.8 Å². The molecule has 1 unspecified atom stereocenters. The number of hydrogen-bond donors (Lipinski definition) is 5. The van der Waals surface area contributed by atoms with Crippen molar-refractivity contribution in [2.75, 3.05) is 6.61 Å². The molecule has 1 aliphatic rings. The van der Waals surface area contributed by atoms with Crippen LogP contribution in [0.15, 0.2) is 24.3 Å². The van der Waals surface area contributed by atoms with E-state index in [0.717, 1.165) is 12.0 Å². The van der Waals surface area contributed by atoms with E-state index in [2.05, 4.69) is 5.32 Å². The summed E-state index contributed by atoms with van der Waals surface area (Å²) in [4.78, 5) is 25.3. The number of amides is 1. The topological polar surface area (TPSA) is 151 Å². The zero-order chi connectivity index (χ0) is 22.3. The van der Waals surface area contributed by atoms with E-state index in [-0.39, 0.29) is 25.2 Å². The van der Waals surface area contributed by atoms with Gasteiger partial charge in [0.1, 0.15) is 11.9 Å². The quantitative estimate of drug-likeness (QED) is 0.274. The van der Waals surface area contributed by atoms with Crippen LogP contribution in [0.3, 0.4) is 0 Å². The summed E-state index contributed by atoms with van der Waals surface area (Å²) < 4.78 is 10.9. The number of unbranched alkanes of at least 4 members (excludes halogenated alkanes) is 1. The van der Waals surface area contributed by atoms with Crippen LogP contribution in [0, 0.1) is 0 Å². The van der Waals surface area contributed by atoms with E-state index < -0.39 is 48.4 Å². The fraction of sp³-hybridized carbons (Fsp3) is 0.619. The van der Waals surface area contributed by atoms with Gasteiger partial charge in [-0.05, 0) is 37.5 Å². The molecule has 0 aliphatic carbocycles. The third-order valence-electron chi connectivity index (χ3n) is 5.13. The molecule has 0 bridgehead atoms. The number of ether oxygens (including phenoxy) is 2. The van der Waals surface area contributed by atoms with Crippen molar-refractivity contribution in [2.45, 2.75) is 76.0 Å². The number of hydrogen-bond acceptors (Lipinski definition) is 8. The number of nitrogens with two attached hydrogens (primary N) is 1. The first-order valence-corrected chi connectivity index (χ1v) is 10.2. The van der Waals surface area contributed by atoms with Crippen molar-refractivity contribution < 1.29 is 34.4 Å². The molecule has 1 aliphatic heterocycles. The molecule has 1 aromatic carbocycles. The summed E-state index contributed by atoms with van der Waals surface area (Å²) in [5.74, 6) is -1.14. The zero-order valence-electron chi connectivity index (χ0n) is 17.4. The summed E-state index contributed by atoms with van der Waals surface area (Å²) in [5, 5.41) is 31.9. The average Bonchev–Trinajstić information content (AvgIpc) is 2.71. The number of phenolic OH excluding ortho intramolecular Hbond substituents is 1. The lowest BCUT2D eigenvalue weighted by atomic mass is 9.94. The molecule has 6 N–H and O–H groups in total. The molecule has 0 radical (unpaired) electrons. The van der Waals surface area contributed by atoms with Crippen LogP contribution in [0.1, 0.15) is 38.7 Å². The number of carbonyl (C=O) groups excluding carboxylic acids is 2. The fourth-order valence-electron chi connectivity index (χ4n) is 3.27. The Morgan fingerprint density at radius 2 is 1.97 bits per heavy atom. The summed E-state index contributed by atoms with van der Waals surface area (Å²) in [7, 11) is 0. The Bertz CT molecular complexity index is 685. The van der Waals surface area contributed by atoms with E-state index in [9.17, 15) is 24.9 Å². The Balaban J connectivity index is 2.07. The van der Waals surface area contributed by atoms with Crippen molar-refractivity contribution in [2.24, 2.45) is 5.73 Å². The Hall–Kier alpha value is -2.20. The smallest absolute Gasteiger partial charge is 0.331 e. The third kappa shape index (κ3) is 6.66. The number of aliphatic hydroxyl groups is 2. The molecule has 168 valence electrons. The lowest BCUT2D eigenvalue weighted by Gasteiger charge is -2.38. The van der Waals surface area contributed by atoms with E-state index in [4.69, 9.17) is 15.2 Å². The number of aliphatic hydroxyl groups excluding tert-OH is 2. The van der Waals surface area contributed by atoms with E-state index in [0.29, 0.717) is 6.42 Å². The number of aromatic hydroxyl groups is 1. The highest BCUT2D eigenvalue weighted by Crippen LogP contribution is 2.23. The maximum absolute atomic E-state index is 12.7. The summed E-state index contributed by atoms with van der Waals surface area (Å²) in [5.41, 5.74) is 6.76. The van der Waals surface area contributed by atoms with Gasteiger partial charge in [0.15, 0.2) is 6.04 Å². The Morgan fingerprint density at radius 3 is 2.57 bits per heavy atom. The molecule has 1 amide bonds. The summed E-state index contributed by atoms with van der Waals surface area (Å²) in [6, 6.07) is 4.20. The highest BCUT2D eigenvalue weighted by atomic mass is 16.5. The lowest BCUT2D eigenvalue weighted by Crippen LogP contribution is -2.59. The molecule has 0 aromatic heterocycles. The van der Waals surface area contributed by atoms with E-state index in [1.54, 1.807) is 19.1 Å². The Kier molecular flexibility index (Phi) is 9.04. The molecule has 1 heterocycles. The van der Waals surface area contributed by atoms with Gasteiger partial charge in [0.25, 0.3) is 0 Å². The maximum Gasteiger partial charge on any atom is 0.331 e. The molecule has 0 spiro atoms. The van der Waals surface area contributed by atoms with Crippen molar-refractivity contribution in [3.63, 3.8) is 0 Å². The molecular formula is C21H32N2O7. The van der Waals surface area contributed by atoms with Crippen LogP contribution in [-0.4, -0.2) is 70.3 Å². The highest BCUT2D eigenvalue weighted by Gasteiger charge is 2.42. The SMILES string of the molecule is CCCCOC(=O)C(NC(=O)[C@@H](N)Cc1ccc(O)cc1)[C@H]1C[C@@H](O)[C@@H](O)[C@@H](C)O1. The lowest BCUT2D eigenvalue weighted by molar-refractivity contribution is -0.181. The van der Waals surface area contributed by atoms with Gasteiger partial charge in [-0.3, -0.25) is 4.79 Å². The molecule has 0 saturated carbocycles. The molecule has 1 saturated heterocycles. The summed E-state index contributed by atoms with van der Waals surface area (Å²) in [6.07, 6.45) is -2.07. The summed E-state index contributed by atoms with van der Waals surface area (Å²) >= 11 is 0. The van der Waals surface area contributed by atoms with Crippen molar-refractivity contribution in [1.82, 2.24) is 5.32 Å². The van der Waals surface area contributed by atoms with Gasteiger partial charge in [-0.2, -0.15) is 0 Å². The maximum atomic E-state index is 12.7. The number of esters is 1. The first-order chi connectivity index (χ1) is 14.2. The minimum atomic E-state index is -1.16. The van der Waals surface area contributed by atoms with Gasteiger partial charge >= 0.3 is 5.97 Å². The van der Waals surface area contributed by atoms with Gasteiger partial charge in [0.2, 0.25) is 5.91 Å². The third-order valence-corrected chi connectivity index (χ3v) is 5.13. The molecular weight excluding hydrogens is 392 g/mol. The molecule has 1 fully saturated rings. The Labute approximate surface area is 176 Å². The summed E-state index contributed by atoms with van der Waals surface area (Å²) in [6.45, 7) is 3.74. The minimum absolute atomic E-state index is 0.0352. The highest BCUT2D eigenvalue weighted by molar-refractivity contribution is 5.88. The molecule has 30 heavy (non-hydrogen) atoms. The first-order valence-electron chi connectivity index (χ1n) is 10.2. The van der Waals surface area contributed by atoms with Crippen LogP contribution < -0.4 is 11.1 Å². The van der Waals surface area contributed by atoms with Crippen molar-refractivity contribution in [3.8, 4) is 5.75 Å². The van der Waals surface area contributed by atoms with E-state index in [1.165, 1.54) is 12.1 Å². The number of carbonyl (C=O) groups is 2. The van der Waals surface area contributed by atoms with Gasteiger partial charge in [0.05, 0.1) is 31.0 Å². The van der Waals surface area contributed by atoms with Gasteiger partial charge in [0, 0.05) is 6.42 Å². The van der Waals surface area contributed by atoms with Crippen LogP contribution in [-0.2, 0) is 25.5 Å². The van der Waals surface area contributed by atoms with Crippen molar-refractivity contribution >= 4 is 11.9 Å². The van der Waals surface area contributed by atoms with Crippen LogP contribution >= 0.6 is 0 Å².